The average Bonchev–Trinajstić information content (AvgIpc) is 3.16. The van der Waals surface area contributed by atoms with Crippen LogP contribution in [0.15, 0.2) is 42.5 Å². The summed E-state index contributed by atoms with van der Waals surface area (Å²) in [5.41, 5.74) is 7.29. The Morgan fingerprint density at radius 3 is 2.68 bits per heavy atom. The molecule has 0 aliphatic carbocycles. The lowest BCUT2D eigenvalue weighted by Gasteiger charge is -2.12. The van der Waals surface area contributed by atoms with Gasteiger partial charge in [0.1, 0.15) is 22.5 Å². The van der Waals surface area contributed by atoms with Crippen LogP contribution in [0.2, 0.25) is 5.15 Å². The Morgan fingerprint density at radius 2 is 1.96 bits per heavy atom. The summed E-state index contributed by atoms with van der Waals surface area (Å²) in [5.74, 6) is -0.184. The van der Waals surface area contributed by atoms with Crippen molar-refractivity contribution >= 4 is 28.4 Å². The first kappa shape index (κ1) is 17.9. The zero-order valence-electron chi connectivity index (χ0n) is 14.8. The fourth-order valence-electron chi connectivity index (χ4n) is 3.23. The van der Waals surface area contributed by atoms with Crippen molar-refractivity contribution < 1.29 is 15.0 Å². The van der Waals surface area contributed by atoms with E-state index in [9.17, 15) is 15.0 Å². The molecule has 2 aromatic heterocycles. The summed E-state index contributed by atoms with van der Waals surface area (Å²) >= 11 is 6.29. The Labute approximate surface area is 164 Å². The Hall–Kier alpha value is -3.52. The van der Waals surface area contributed by atoms with Crippen LogP contribution < -0.4 is 5.73 Å². The maximum absolute atomic E-state index is 11.6. The van der Waals surface area contributed by atoms with Crippen LogP contribution >= 0.6 is 11.6 Å². The number of nitrogens with zero attached hydrogens (tertiary/aromatic N) is 4. The molecule has 0 radical (unpaired) electrons. The van der Waals surface area contributed by atoms with Gasteiger partial charge in [-0.05, 0) is 30.3 Å². The minimum absolute atomic E-state index is 0.0818. The standard InChI is InChI=1S/C19H16ClN5O3/c1-24-13-3-2-4-14(12(13)8-16(24)20)25-18(9-17(21)28)22-23-19(25)11-6-5-10(26)7-15(11)27/h2-8,26-27H,9H2,1H3,(H2,21,28). The Balaban J connectivity index is 2.04. The minimum Gasteiger partial charge on any atom is -0.508 e. The van der Waals surface area contributed by atoms with Gasteiger partial charge in [0.2, 0.25) is 5.91 Å². The first-order valence-electron chi connectivity index (χ1n) is 8.36. The third-order valence-corrected chi connectivity index (χ3v) is 4.89. The number of rotatable bonds is 4. The number of aromatic hydroxyl groups is 2. The highest BCUT2D eigenvalue weighted by Gasteiger charge is 2.21. The van der Waals surface area contributed by atoms with Gasteiger partial charge < -0.3 is 20.5 Å². The number of nitrogens with two attached hydrogens (primary N) is 1. The maximum atomic E-state index is 11.6. The third-order valence-electron chi connectivity index (χ3n) is 4.53. The van der Waals surface area contributed by atoms with Crippen molar-refractivity contribution in [3.05, 3.63) is 53.4 Å². The summed E-state index contributed by atoms with van der Waals surface area (Å²) in [7, 11) is 1.84. The quantitative estimate of drug-likeness (QED) is 0.488. The zero-order chi connectivity index (χ0) is 20.0. The number of aryl methyl sites for hydroxylation is 1. The molecule has 0 atom stereocenters. The monoisotopic (exact) mass is 397 g/mol. The zero-order valence-corrected chi connectivity index (χ0v) is 15.6. The molecule has 8 nitrogen and oxygen atoms in total. The minimum atomic E-state index is -0.562. The van der Waals surface area contributed by atoms with E-state index in [2.05, 4.69) is 10.2 Å². The molecule has 4 N–H and O–H groups in total. The van der Waals surface area contributed by atoms with Gasteiger partial charge in [-0.3, -0.25) is 9.36 Å². The highest BCUT2D eigenvalue weighted by atomic mass is 35.5. The second-order valence-electron chi connectivity index (χ2n) is 6.36. The van der Waals surface area contributed by atoms with Gasteiger partial charge in [-0.1, -0.05) is 17.7 Å². The molecule has 0 spiro atoms. The fraction of sp³-hybridized carbons (Fsp3) is 0.105. The number of phenolic OH excluding ortho intramolecular Hbond substituents is 2. The molecule has 9 heteroatoms. The van der Waals surface area contributed by atoms with Crippen LogP contribution in [0.4, 0.5) is 0 Å². The van der Waals surface area contributed by atoms with Crippen molar-refractivity contribution in [3.63, 3.8) is 0 Å². The number of primary amides is 1. The van der Waals surface area contributed by atoms with Crippen molar-refractivity contribution in [3.8, 4) is 28.6 Å². The van der Waals surface area contributed by atoms with Gasteiger partial charge in [0, 0.05) is 18.5 Å². The van der Waals surface area contributed by atoms with E-state index in [4.69, 9.17) is 17.3 Å². The summed E-state index contributed by atoms with van der Waals surface area (Å²) in [5, 5.41) is 29.5. The molecule has 0 aliphatic rings. The van der Waals surface area contributed by atoms with Gasteiger partial charge in [-0.15, -0.1) is 10.2 Å². The van der Waals surface area contributed by atoms with Gasteiger partial charge in [-0.2, -0.15) is 0 Å². The molecule has 28 heavy (non-hydrogen) atoms. The number of benzene rings is 2. The van der Waals surface area contributed by atoms with Crippen LogP contribution in [0.25, 0.3) is 28.0 Å². The summed E-state index contributed by atoms with van der Waals surface area (Å²) in [6.07, 6.45) is -0.136. The van der Waals surface area contributed by atoms with E-state index in [1.54, 1.807) is 10.6 Å². The van der Waals surface area contributed by atoms with Crippen LogP contribution in [0.1, 0.15) is 5.82 Å². The summed E-state index contributed by atoms with van der Waals surface area (Å²) in [6.45, 7) is 0. The van der Waals surface area contributed by atoms with Crippen molar-refractivity contribution in [1.29, 1.82) is 0 Å². The van der Waals surface area contributed by atoms with E-state index in [-0.39, 0.29) is 17.9 Å². The molecule has 142 valence electrons. The van der Waals surface area contributed by atoms with Crippen molar-refractivity contribution in [1.82, 2.24) is 19.3 Å². The predicted octanol–water partition coefficient (Wildman–Crippen LogP) is 2.52. The lowest BCUT2D eigenvalue weighted by Crippen LogP contribution is -2.17. The van der Waals surface area contributed by atoms with Crippen molar-refractivity contribution in [2.45, 2.75) is 6.42 Å². The van der Waals surface area contributed by atoms with Crippen LogP contribution in [-0.2, 0) is 18.3 Å². The smallest absolute Gasteiger partial charge is 0.225 e. The molecule has 0 unspecified atom stereocenters. The molecule has 0 saturated carbocycles. The number of amides is 1. The number of carbonyl (C=O) groups is 1. The molecule has 2 aromatic carbocycles. The van der Waals surface area contributed by atoms with Gasteiger partial charge in [0.05, 0.1) is 23.2 Å². The SMILES string of the molecule is Cn1c(Cl)cc2c(-n3c(CC(N)=O)nnc3-c3ccc(O)cc3O)cccc21. The molecule has 0 fully saturated rings. The second-order valence-corrected chi connectivity index (χ2v) is 6.74. The number of hydrogen-bond donors (Lipinski definition) is 3. The van der Waals surface area contributed by atoms with Crippen LogP contribution in [0.3, 0.4) is 0 Å². The van der Waals surface area contributed by atoms with E-state index >= 15 is 0 Å². The summed E-state index contributed by atoms with van der Waals surface area (Å²) in [4.78, 5) is 11.6. The van der Waals surface area contributed by atoms with Crippen LogP contribution in [-0.4, -0.2) is 35.5 Å². The first-order valence-corrected chi connectivity index (χ1v) is 8.74. The highest BCUT2D eigenvalue weighted by molar-refractivity contribution is 6.31. The van der Waals surface area contributed by atoms with Gasteiger partial charge in [-0.25, -0.2) is 0 Å². The highest BCUT2D eigenvalue weighted by Crippen LogP contribution is 2.35. The summed E-state index contributed by atoms with van der Waals surface area (Å²) in [6, 6.07) is 11.6. The fourth-order valence-corrected chi connectivity index (χ4v) is 3.43. The van der Waals surface area contributed by atoms with E-state index in [0.29, 0.717) is 28.1 Å². The van der Waals surface area contributed by atoms with Crippen molar-refractivity contribution in [2.24, 2.45) is 12.8 Å². The lowest BCUT2D eigenvalue weighted by atomic mass is 10.1. The number of halogens is 1. The van der Waals surface area contributed by atoms with E-state index < -0.39 is 5.91 Å². The molecule has 4 aromatic rings. The number of carbonyl (C=O) groups excluding carboxylic acids is 1. The van der Waals surface area contributed by atoms with Crippen LogP contribution in [0.5, 0.6) is 11.5 Å². The average molecular weight is 398 g/mol. The number of hydrogen-bond acceptors (Lipinski definition) is 5. The normalized spacial score (nSPS) is 11.2. The maximum Gasteiger partial charge on any atom is 0.225 e. The van der Waals surface area contributed by atoms with Crippen molar-refractivity contribution in [2.75, 3.05) is 0 Å². The molecule has 4 rings (SSSR count). The Morgan fingerprint density at radius 1 is 1.18 bits per heavy atom. The molecule has 0 aliphatic heterocycles. The van der Waals surface area contributed by atoms with Gasteiger partial charge >= 0.3 is 0 Å². The summed E-state index contributed by atoms with van der Waals surface area (Å²) < 4.78 is 3.49. The largest absolute Gasteiger partial charge is 0.508 e. The number of phenols is 2. The molecular formula is C19H16ClN5O3. The first-order chi connectivity index (χ1) is 13.4. The van der Waals surface area contributed by atoms with E-state index in [1.165, 1.54) is 18.2 Å². The Kier molecular flexibility index (Phi) is 4.20. The molecular weight excluding hydrogens is 382 g/mol. The molecule has 0 saturated heterocycles. The predicted molar refractivity (Wildman–Crippen MR) is 105 cm³/mol. The van der Waals surface area contributed by atoms with E-state index in [0.717, 1.165) is 10.9 Å². The molecule has 1 amide bonds. The molecule has 2 heterocycles. The molecule has 0 bridgehead atoms. The van der Waals surface area contributed by atoms with E-state index in [1.807, 2.05) is 29.8 Å². The number of aromatic nitrogens is 4. The third kappa shape index (κ3) is 2.84. The Bertz CT molecular complexity index is 1230. The lowest BCUT2D eigenvalue weighted by molar-refractivity contribution is -0.117. The second kappa shape index (κ2) is 6.58. The van der Waals surface area contributed by atoms with Crippen LogP contribution in [0, 0.1) is 0 Å². The van der Waals surface area contributed by atoms with Gasteiger partial charge in [0.15, 0.2) is 5.82 Å². The topological polar surface area (TPSA) is 119 Å². The number of fused-ring (bicyclic) bond motifs is 1. The van der Waals surface area contributed by atoms with Gasteiger partial charge in [0.25, 0.3) is 0 Å².